The average Bonchev–Trinajstić information content (AvgIpc) is 3.11. The van der Waals surface area contributed by atoms with Gasteiger partial charge in [0.05, 0.1) is 0 Å². The van der Waals surface area contributed by atoms with Crippen LogP contribution in [0, 0.1) is 6.92 Å². The lowest BCUT2D eigenvalue weighted by molar-refractivity contribution is 0.436. The van der Waals surface area contributed by atoms with Gasteiger partial charge < -0.3 is 14.5 Å². The van der Waals surface area contributed by atoms with Crippen molar-refractivity contribution in [3.8, 4) is 0 Å². The summed E-state index contributed by atoms with van der Waals surface area (Å²) in [5.74, 6) is 3.76. The third-order valence-electron chi connectivity index (χ3n) is 4.23. The van der Waals surface area contributed by atoms with Crippen LogP contribution >= 0.6 is 36.6 Å². The van der Waals surface area contributed by atoms with Crippen molar-refractivity contribution in [2.24, 2.45) is 7.05 Å². The van der Waals surface area contributed by atoms with Crippen molar-refractivity contribution >= 4 is 36.6 Å². The Morgan fingerprint density at radius 3 is 2.83 bits per heavy atom. The molecule has 9 heteroatoms. The minimum atomic E-state index is 0. The van der Waals surface area contributed by atoms with Gasteiger partial charge in [0.25, 0.3) is 0 Å². The molecule has 0 saturated carbocycles. The Kier molecular flexibility index (Phi) is 9.12. The van der Waals surface area contributed by atoms with Crippen molar-refractivity contribution in [3.63, 3.8) is 0 Å². The third kappa shape index (κ3) is 5.12. The molecule has 1 atom stereocenters. The van der Waals surface area contributed by atoms with Gasteiger partial charge >= 0.3 is 0 Å². The average molecular weight is 393 g/mol. The normalized spacial score (nSPS) is 17.2. The van der Waals surface area contributed by atoms with Gasteiger partial charge in [-0.3, -0.25) is 0 Å². The molecule has 1 aliphatic rings. The zero-order valence-electron chi connectivity index (χ0n) is 14.1. The summed E-state index contributed by atoms with van der Waals surface area (Å²) in [7, 11) is 2.09. The van der Waals surface area contributed by atoms with Crippen LogP contribution in [0.1, 0.15) is 36.8 Å². The van der Waals surface area contributed by atoms with Crippen LogP contribution in [0.5, 0.6) is 0 Å². The van der Waals surface area contributed by atoms with E-state index in [1.54, 1.807) is 11.8 Å². The molecule has 2 aromatic rings. The summed E-state index contributed by atoms with van der Waals surface area (Å²) in [5, 5.41) is 13.3. The van der Waals surface area contributed by atoms with E-state index in [1.165, 1.54) is 12.8 Å². The van der Waals surface area contributed by atoms with Crippen molar-refractivity contribution in [3.05, 3.63) is 24.0 Å². The minimum absolute atomic E-state index is 0. The number of nitrogens with one attached hydrogen (secondary N) is 1. The number of rotatable bonds is 6. The highest BCUT2D eigenvalue weighted by Gasteiger charge is 2.21. The summed E-state index contributed by atoms with van der Waals surface area (Å²) in [6.45, 7) is 5.20. The van der Waals surface area contributed by atoms with Crippen LogP contribution in [0.2, 0.25) is 0 Å². The van der Waals surface area contributed by atoms with Gasteiger partial charge in [-0.2, -0.15) is 0 Å². The standard InChI is InChI=1S/C15H24N6S.2ClH/c1-12-17-7-9-21(12)8-4-10-22-15-19-18-14(20(15)2)13-5-3-6-16-11-13;;/h7,9,13,16H,3-6,8,10-11H2,1-2H3;2*1H. The molecule has 1 unspecified atom stereocenters. The van der Waals surface area contributed by atoms with Crippen LogP contribution in [0.3, 0.4) is 0 Å². The molecule has 0 radical (unpaired) electrons. The number of halogens is 2. The van der Waals surface area contributed by atoms with Crippen LogP contribution in [-0.4, -0.2) is 43.2 Å². The number of aryl methyl sites for hydroxylation is 2. The fraction of sp³-hybridized carbons (Fsp3) is 0.667. The van der Waals surface area contributed by atoms with Crippen LogP contribution in [0.4, 0.5) is 0 Å². The van der Waals surface area contributed by atoms with Crippen molar-refractivity contribution < 1.29 is 0 Å². The molecule has 0 amide bonds. The Hall–Kier alpha value is -0.760. The maximum absolute atomic E-state index is 4.42. The number of nitrogens with zero attached hydrogens (tertiary/aromatic N) is 5. The second-order valence-corrected chi connectivity index (χ2v) is 6.88. The molecule has 0 aromatic carbocycles. The van der Waals surface area contributed by atoms with Gasteiger partial charge in [0, 0.05) is 44.2 Å². The van der Waals surface area contributed by atoms with Gasteiger partial charge in [-0.15, -0.1) is 35.0 Å². The molecule has 1 aliphatic heterocycles. The molecule has 0 bridgehead atoms. The summed E-state index contributed by atoms with van der Waals surface area (Å²) in [6.07, 6.45) is 7.44. The first-order valence-electron chi connectivity index (χ1n) is 7.96. The molecule has 1 N–H and O–H groups in total. The molecule has 2 aromatic heterocycles. The Morgan fingerprint density at radius 2 is 2.17 bits per heavy atom. The van der Waals surface area contributed by atoms with Gasteiger partial charge in [0.15, 0.2) is 5.16 Å². The van der Waals surface area contributed by atoms with Crippen LogP contribution in [0.15, 0.2) is 17.6 Å². The van der Waals surface area contributed by atoms with E-state index >= 15 is 0 Å². The van der Waals surface area contributed by atoms with E-state index < -0.39 is 0 Å². The molecule has 3 rings (SSSR count). The SMILES string of the molecule is Cc1nccn1CCCSc1nnc(C2CCCNC2)n1C.Cl.Cl. The zero-order chi connectivity index (χ0) is 15.4. The quantitative estimate of drug-likeness (QED) is 0.604. The van der Waals surface area contributed by atoms with Crippen molar-refractivity contribution in [1.82, 2.24) is 29.6 Å². The summed E-state index contributed by atoms with van der Waals surface area (Å²) in [6, 6.07) is 0. The Balaban J connectivity index is 0.00000144. The predicted molar refractivity (Wildman–Crippen MR) is 103 cm³/mol. The highest BCUT2D eigenvalue weighted by atomic mass is 35.5. The maximum Gasteiger partial charge on any atom is 0.190 e. The number of hydrogen-bond acceptors (Lipinski definition) is 5. The molecule has 24 heavy (non-hydrogen) atoms. The van der Waals surface area contributed by atoms with Gasteiger partial charge in [0.2, 0.25) is 0 Å². The van der Waals surface area contributed by atoms with Gasteiger partial charge in [-0.05, 0) is 32.7 Å². The van der Waals surface area contributed by atoms with E-state index in [-0.39, 0.29) is 24.8 Å². The lowest BCUT2D eigenvalue weighted by atomic mass is 9.99. The lowest BCUT2D eigenvalue weighted by Gasteiger charge is -2.21. The second-order valence-electron chi connectivity index (χ2n) is 5.81. The smallest absolute Gasteiger partial charge is 0.190 e. The van der Waals surface area contributed by atoms with Gasteiger partial charge in [0.1, 0.15) is 11.6 Å². The number of piperidine rings is 1. The predicted octanol–water partition coefficient (Wildman–Crippen LogP) is 2.81. The molecule has 3 heterocycles. The maximum atomic E-state index is 4.42. The van der Waals surface area contributed by atoms with Crippen LogP contribution in [-0.2, 0) is 13.6 Å². The van der Waals surface area contributed by atoms with E-state index in [0.717, 1.165) is 48.6 Å². The topological polar surface area (TPSA) is 60.6 Å². The van der Waals surface area contributed by atoms with E-state index in [0.29, 0.717) is 5.92 Å². The largest absolute Gasteiger partial charge is 0.335 e. The highest BCUT2D eigenvalue weighted by molar-refractivity contribution is 7.99. The molecule has 6 nitrogen and oxygen atoms in total. The first-order valence-corrected chi connectivity index (χ1v) is 8.95. The summed E-state index contributed by atoms with van der Waals surface area (Å²) >= 11 is 1.79. The van der Waals surface area contributed by atoms with Gasteiger partial charge in [-0.25, -0.2) is 4.98 Å². The summed E-state index contributed by atoms with van der Waals surface area (Å²) in [5.41, 5.74) is 0. The molecular weight excluding hydrogens is 367 g/mol. The second kappa shape index (κ2) is 10.3. The Labute approximate surface area is 160 Å². The van der Waals surface area contributed by atoms with E-state index in [2.05, 4.69) is 36.7 Å². The molecule has 136 valence electrons. The molecule has 1 fully saturated rings. The van der Waals surface area contributed by atoms with Crippen molar-refractivity contribution in [1.29, 1.82) is 0 Å². The van der Waals surface area contributed by atoms with Crippen LogP contribution < -0.4 is 5.32 Å². The lowest BCUT2D eigenvalue weighted by Crippen LogP contribution is -2.29. The number of thioether (sulfide) groups is 1. The fourth-order valence-electron chi connectivity index (χ4n) is 2.92. The van der Waals surface area contributed by atoms with Crippen molar-refractivity contribution in [2.75, 3.05) is 18.8 Å². The summed E-state index contributed by atoms with van der Waals surface area (Å²) in [4.78, 5) is 4.25. The third-order valence-corrected chi connectivity index (χ3v) is 5.34. The number of imidazole rings is 1. The highest BCUT2D eigenvalue weighted by Crippen LogP contribution is 2.25. The molecule has 0 aliphatic carbocycles. The minimum Gasteiger partial charge on any atom is -0.335 e. The number of hydrogen-bond donors (Lipinski definition) is 1. The van der Waals surface area contributed by atoms with E-state index in [4.69, 9.17) is 0 Å². The molecular formula is C15H26Cl2N6S. The van der Waals surface area contributed by atoms with Crippen molar-refractivity contribution in [2.45, 2.75) is 43.8 Å². The Morgan fingerprint density at radius 1 is 1.33 bits per heavy atom. The van der Waals surface area contributed by atoms with E-state index in [1.807, 2.05) is 19.3 Å². The van der Waals surface area contributed by atoms with Crippen LogP contribution in [0.25, 0.3) is 0 Å². The first kappa shape index (κ1) is 21.3. The summed E-state index contributed by atoms with van der Waals surface area (Å²) < 4.78 is 4.36. The number of aromatic nitrogens is 5. The monoisotopic (exact) mass is 392 g/mol. The van der Waals surface area contributed by atoms with Gasteiger partial charge in [-0.1, -0.05) is 11.8 Å². The fourth-order valence-corrected chi connectivity index (χ4v) is 3.76. The first-order chi connectivity index (χ1) is 10.8. The zero-order valence-corrected chi connectivity index (χ0v) is 16.6. The Bertz CT molecular complexity index is 609. The van der Waals surface area contributed by atoms with E-state index in [9.17, 15) is 0 Å². The molecule has 1 saturated heterocycles. The molecule has 0 spiro atoms.